The number of carbonyl (C=O) groups is 1. The molecule has 0 amide bonds. The molecule has 0 saturated carbocycles. The maximum Gasteiger partial charge on any atom is 0.416 e. The molecule has 4 aromatic rings. The van der Waals surface area contributed by atoms with E-state index >= 15 is 0 Å². The largest absolute Gasteiger partial charge is 0.490 e. The summed E-state index contributed by atoms with van der Waals surface area (Å²) in [4.78, 5) is 40.7. The Kier molecular flexibility index (Phi) is 8.84. The first kappa shape index (κ1) is 29.7. The molecule has 218 valence electrons. The number of rotatable bonds is 10. The third-order valence-electron chi connectivity index (χ3n) is 5.72. The van der Waals surface area contributed by atoms with Gasteiger partial charge in [0, 0.05) is 17.2 Å². The van der Waals surface area contributed by atoms with Crippen molar-refractivity contribution < 1.29 is 37.1 Å². The van der Waals surface area contributed by atoms with Crippen LogP contribution >= 0.6 is 0 Å². The Labute approximate surface area is 235 Å². The van der Waals surface area contributed by atoms with Crippen LogP contribution in [0.3, 0.4) is 0 Å². The van der Waals surface area contributed by atoms with Crippen molar-refractivity contribution in [3.05, 3.63) is 92.3 Å². The highest BCUT2D eigenvalue weighted by molar-refractivity contribution is 5.84. The van der Waals surface area contributed by atoms with Crippen molar-refractivity contribution >= 4 is 28.8 Å². The number of para-hydroxylation sites is 1. The van der Waals surface area contributed by atoms with E-state index in [1.807, 2.05) is 0 Å². The van der Waals surface area contributed by atoms with Crippen molar-refractivity contribution in [2.24, 2.45) is 5.10 Å². The summed E-state index contributed by atoms with van der Waals surface area (Å²) in [5, 5.41) is 16.2. The number of hydrogen-bond acceptors (Lipinski definition) is 9. The van der Waals surface area contributed by atoms with Gasteiger partial charge in [0.1, 0.15) is 0 Å². The van der Waals surface area contributed by atoms with E-state index in [1.165, 1.54) is 30.3 Å². The second-order valence-corrected chi connectivity index (χ2v) is 8.54. The fraction of sp³-hybridized carbons (Fsp3) is 0.214. The first-order valence-electron chi connectivity index (χ1n) is 12.5. The predicted molar refractivity (Wildman–Crippen MR) is 146 cm³/mol. The van der Waals surface area contributed by atoms with Gasteiger partial charge >= 0.3 is 17.8 Å². The molecule has 0 aliphatic heterocycles. The Balaban J connectivity index is 1.86. The summed E-state index contributed by atoms with van der Waals surface area (Å²) < 4.78 is 56.8. The highest BCUT2D eigenvalue weighted by atomic mass is 19.4. The normalized spacial score (nSPS) is 11.5. The molecule has 0 aliphatic carbocycles. The topological polar surface area (TPSA) is 135 Å². The van der Waals surface area contributed by atoms with Gasteiger partial charge in [0.15, 0.2) is 18.2 Å². The maximum absolute atomic E-state index is 13.4. The number of carbonyl (C=O) groups excluding carboxylic acids is 1. The molecular weight excluding hydrogens is 561 g/mol. The molecule has 0 saturated heterocycles. The quantitative estimate of drug-likeness (QED) is 0.107. The lowest BCUT2D eigenvalue weighted by Gasteiger charge is -2.13. The van der Waals surface area contributed by atoms with E-state index in [-0.39, 0.29) is 52.6 Å². The average Bonchev–Trinajstić information content (AvgIpc) is 2.95. The van der Waals surface area contributed by atoms with Crippen molar-refractivity contribution in [1.29, 1.82) is 0 Å². The lowest BCUT2D eigenvalue weighted by molar-refractivity contribution is -0.385. The summed E-state index contributed by atoms with van der Waals surface area (Å²) in [6, 6.07) is 12.9. The number of nitro benzene ring substituents is 1. The SMILES string of the molecule is CCOC(=O)COc1c(OCC)cc(C=Nn2c(-c3cccc(C(F)(F)F)c3)nc3ccccc3c2=O)cc1[N+](=O)[O-]. The molecule has 0 fully saturated rings. The highest BCUT2D eigenvalue weighted by Crippen LogP contribution is 2.38. The highest BCUT2D eigenvalue weighted by Gasteiger charge is 2.31. The first-order chi connectivity index (χ1) is 20.0. The van der Waals surface area contributed by atoms with Crippen molar-refractivity contribution in [3.63, 3.8) is 0 Å². The van der Waals surface area contributed by atoms with Crippen LogP contribution in [0.15, 0.2) is 70.6 Å². The zero-order valence-electron chi connectivity index (χ0n) is 22.3. The van der Waals surface area contributed by atoms with Gasteiger partial charge in [-0.05, 0) is 44.2 Å². The lowest BCUT2D eigenvalue weighted by Crippen LogP contribution is -2.20. The number of hydrogen-bond donors (Lipinski definition) is 0. The van der Waals surface area contributed by atoms with E-state index in [0.717, 1.165) is 29.1 Å². The van der Waals surface area contributed by atoms with Crippen molar-refractivity contribution in [3.8, 4) is 22.9 Å². The van der Waals surface area contributed by atoms with E-state index in [2.05, 4.69) is 10.1 Å². The van der Waals surface area contributed by atoms with Gasteiger partial charge in [0.25, 0.3) is 5.56 Å². The summed E-state index contributed by atoms with van der Waals surface area (Å²) >= 11 is 0. The van der Waals surface area contributed by atoms with E-state index in [0.29, 0.717) is 0 Å². The summed E-state index contributed by atoms with van der Waals surface area (Å²) in [5.74, 6) is -1.33. The van der Waals surface area contributed by atoms with Crippen LogP contribution in [0.5, 0.6) is 11.5 Å². The summed E-state index contributed by atoms with van der Waals surface area (Å²) in [6.07, 6.45) is -3.55. The van der Waals surface area contributed by atoms with Crippen molar-refractivity contribution in [2.45, 2.75) is 20.0 Å². The smallest absolute Gasteiger partial charge is 0.416 e. The molecule has 0 aliphatic rings. The minimum absolute atomic E-state index is 0.0338. The van der Waals surface area contributed by atoms with Crippen LogP contribution in [-0.4, -0.2) is 46.6 Å². The number of benzene rings is 3. The fourth-order valence-corrected chi connectivity index (χ4v) is 3.94. The summed E-state index contributed by atoms with van der Waals surface area (Å²) in [5.41, 5.74) is -1.91. The van der Waals surface area contributed by atoms with Crippen molar-refractivity contribution in [2.75, 3.05) is 19.8 Å². The van der Waals surface area contributed by atoms with E-state index in [1.54, 1.807) is 26.0 Å². The zero-order chi connectivity index (χ0) is 30.4. The Morgan fingerprint density at radius 2 is 1.83 bits per heavy atom. The van der Waals surface area contributed by atoms with Gasteiger partial charge < -0.3 is 14.2 Å². The van der Waals surface area contributed by atoms with Crippen LogP contribution in [0.4, 0.5) is 18.9 Å². The molecule has 0 bridgehead atoms. The standard InChI is InChI=1S/C28H23F3N4O7/c1-3-40-23-13-17(12-22(35(38)39)25(23)42-16-24(36)41-4-2)15-32-34-26(18-8-7-9-19(14-18)28(29,30)31)33-21-11-6-5-10-20(21)27(34)37/h5-15H,3-4,16H2,1-2H3. The predicted octanol–water partition coefficient (Wildman–Crippen LogP) is 5.21. The molecule has 0 radical (unpaired) electrons. The fourth-order valence-electron chi connectivity index (χ4n) is 3.94. The molecule has 11 nitrogen and oxygen atoms in total. The van der Waals surface area contributed by atoms with E-state index < -0.39 is 40.5 Å². The Bertz CT molecular complexity index is 1740. The number of nitro groups is 1. The second kappa shape index (κ2) is 12.5. The lowest BCUT2D eigenvalue weighted by atomic mass is 10.1. The second-order valence-electron chi connectivity index (χ2n) is 8.54. The number of alkyl halides is 3. The molecule has 4 rings (SSSR count). The molecule has 1 heterocycles. The molecular formula is C28H23F3N4O7. The maximum atomic E-state index is 13.4. The van der Waals surface area contributed by atoms with Crippen LogP contribution in [0.1, 0.15) is 25.0 Å². The monoisotopic (exact) mass is 584 g/mol. The first-order valence-corrected chi connectivity index (χ1v) is 12.5. The zero-order valence-corrected chi connectivity index (χ0v) is 22.3. The Morgan fingerprint density at radius 3 is 2.52 bits per heavy atom. The van der Waals surface area contributed by atoms with Crippen molar-refractivity contribution in [1.82, 2.24) is 9.66 Å². The summed E-state index contributed by atoms with van der Waals surface area (Å²) in [6.45, 7) is 2.78. The van der Waals surface area contributed by atoms with Crippen LogP contribution in [-0.2, 0) is 15.7 Å². The number of aromatic nitrogens is 2. The third-order valence-corrected chi connectivity index (χ3v) is 5.72. The molecule has 0 spiro atoms. The molecule has 42 heavy (non-hydrogen) atoms. The van der Waals surface area contributed by atoms with Crippen LogP contribution in [0, 0.1) is 10.1 Å². The molecule has 0 unspecified atom stereocenters. The van der Waals surface area contributed by atoms with E-state index in [4.69, 9.17) is 14.2 Å². The number of fused-ring (bicyclic) bond motifs is 1. The van der Waals surface area contributed by atoms with E-state index in [9.17, 15) is 32.9 Å². The van der Waals surface area contributed by atoms with Gasteiger partial charge in [0.2, 0.25) is 5.75 Å². The third kappa shape index (κ3) is 6.54. The number of ether oxygens (including phenoxy) is 3. The van der Waals surface area contributed by atoms with Gasteiger partial charge in [0.05, 0.1) is 40.8 Å². The summed E-state index contributed by atoms with van der Waals surface area (Å²) in [7, 11) is 0. The van der Waals surface area contributed by atoms with Crippen LogP contribution in [0.25, 0.3) is 22.3 Å². The van der Waals surface area contributed by atoms with Crippen LogP contribution < -0.4 is 15.0 Å². The van der Waals surface area contributed by atoms with Gasteiger partial charge in [-0.2, -0.15) is 22.9 Å². The molecule has 1 aromatic heterocycles. The minimum Gasteiger partial charge on any atom is -0.490 e. The average molecular weight is 585 g/mol. The van der Waals surface area contributed by atoms with Crippen LogP contribution in [0.2, 0.25) is 0 Å². The van der Waals surface area contributed by atoms with Gasteiger partial charge in [-0.15, -0.1) is 0 Å². The molecule has 0 atom stereocenters. The molecule has 14 heteroatoms. The van der Waals surface area contributed by atoms with Gasteiger partial charge in [-0.1, -0.05) is 24.3 Å². The molecule has 3 aromatic carbocycles. The molecule has 0 N–H and O–H groups in total. The van der Waals surface area contributed by atoms with Gasteiger partial charge in [-0.25, -0.2) is 9.78 Å². The minimum atomic E-state index is -4.65. The van der Waals surface area contributed by atoms with Gasteiger partial charge in [-0.3, -0.25) is 14.9 Å². The number of nitrogens with zero attached hydrogens (tertiary/aromatic N) is 4. The number of esters is 1. The Hall–Kier alpha value is -5.27. The Morgan fingerprint density at radius 1 is 1.07 bits per heavy atom. The number of halogens is 3.